The summed E-state index contributed by atoms with van der Waals surface area (Å²) in [6.07, 6.45) is 4.40. The first kappa shape index (κ1) is 19.5. The summed E-state index contributed by atoms with van der Waals surface area (Å²) in [6.45, 7) is 9.51. The maximum Gasteiger partial charge on any atom is 0.216 e. The van der Waals surface area contributed by atoms with Crippen LogP contribution in [0.15, 0.2) is 72.3 Å². The third-order valence-corrected chi connectivity index (χ3v) is 5.16. The molecule has 0 fully saturated rings. The van der Waals surface area contributed by atoms with Crippen molar-refractivity contribution in [1.29, 1.82) is 0 Å². The lowest BCUT2D eigenvalue weighted by atomic mass is 10.1. The average Bonchev–Trinajstić information content (AvgIpc) is 3.22. The molecule has 4 rings (SSSR count). The molecule has 0 atom stereocenters. The Bertz CT molecular complexity index is 1340. The van der Waals surface area contributed by atoms with E-state index in [-0.39, 0.29) is 11.0 Å². The Kier molecular flexibility index (Phi) is 4.88. The number of aromatic amines is 1. The number of aromatic nitrogens is 2. The molecule has 0 bridgehead atoms. The minimum Gasteiger partial charge on any atom is -0.455 e. The van der Waals surface area contributed by atoms with Gasteiger partial charge >= 0.3 is 0 Å². The van der Waals surface area contributed by atoms with Crippen molar-refractivity contribution in [2.75, 3.05) is 0 Å². The molecule has 2 aromatic carbocycles. The van der Waals surface area contributed by atoms with E-state index in [0.29, 0.717) is 16.8 Å². The highest BCUT2D eigenvalue weighted by molar-refractivity contribution is 6.05. The number of nitrogens with one attached hydrogen (secondary N) is 1. The fraction of sp³-hybridized carbons (Fsp3) is 0.120. The molecular formula is C25H22N2O3. The molecular weight excluding hydrogens is 376 g/mol. The van der Waals surface area contributed by atoms with E-state index in [1.54, 1.807) is 12.4 Å². The van der Waals surface area contributed by atoms with Crippen LogP contribution in [0.5, 0.6) is 11.5 Å². The zero-order valence-electron chi connectivity index (χ0n) is 17.2. The van der Waals surface area contributed by atoms with Crippen LogP contribution in [-0.2, 0) is 0 Å². The van der Waals surface area contributed by atoms with Gasteiger partial charge in [0.1, 0.15) is 11.3 Å². The number of hydrogen-bond acceptors (Lipinski definition) is 3. The first-order valence-electron chi connectivity index (χ1n) is 9.65. The molecule has 0 spiro atoms. The minimum absolute atomic E-state index is 0.0551. The van der Waals surface area contributed by atoms with Crippen molar-refractivity contribution < 1.29 is 9.53 Å². The van der Waals surface area contributed by atoms with Gasteiger partial charge in [0.2, 0.25) is 5.43 Å². The number of para-hydroxylation sites is 1. The van der Waals surface area contributed by atoms with Gasteiger partial charge in [0.25, 0.3) is 0 Å². The van der Waals surface area contributed by atoms with E-state index in [0.717, 1.165) is 34.2 Å². The van der Waals surface area contributed by atoms with Gasteiger partial charge in [-0.15, -0.1) is 0 Å². The average molecular weight is 398 g/mol. The predicted molar refractivity (Wildman–Crippen MR) is 119 cm³/mol. The molecule has 5 nitrogen and oxygen atoms in total. The number of allylic oxidation sites excluding steroid dienone is 1. The van der Waals surface area contributed by atoms with E-state index in [4.69, 9.17) is 4.74 Å². The number of carbonyl (C=O) groups excluding carboxylic acids is 1. The Morgan fingerprint density at radius 1 is 1.10 bits per heavy atom. The molecule has 30 heavy (non-hydrogen) atoms. The molecule has 4 aromatic rings. The van der Waals surface area contributed by atoms with E-state index >= 15 is 0 Å². The fourth-order valence-corrected chi connectivity index (χ4v) is 3.59. The maximum absolute atomic E-state index is 12.8. The van der Waals surface area contributed by atoms with Crippen LogP contribution in [0, 0.1) is 20.8 Å². The molecule has 0 amide bonds. The van der Waals surface area contributed by atoms with Gasteiger partial charge < -0.3 is 14.3 Å². The van der Waals surface area contributed by atoms with E-state index in [1.165, 1.54) is 0 Å². The lowest BCUT2D eigenvalue weighted by molar-refractivity contribution is 0.104. The summed E-state index contributed by atoms with van der Waals surface area (Å²) in [7, 11) is 0. The summed E-state index contributed by atoms with van der Waals surface area (Å²) in [4.78, 5) is 28.1. The highest BCUT2D eigenvalue weighted by atomic mass is 16.5. The van der Waals surface area contributed by atoms with E-state index < -0.39 is 5.78 Å². The number of pyridine rings is 1. The highest BCUT2D eigenvalue weighted by Gasteiger charge is 2.18. The first-order valence-corrected chi connectivity index (χ1v) is 9.65. The van der Waals surface area contributed by atoms with Crippen molar-refractivity contribution in [2.45, 2.75) is 20.8 Å². The second-order valence-electron chi connectivity index (χ2n) is 7.34. The number of ketones is 1. The Labute approximate surface area is 174 Å². The molecule has 0 aliphatic rings. The summed E-state index contributed by atoms with van der Waals surface area (Å²) < 4.78 is 8.17. The smallest absolute Gasteiger partial charge is 0.216 e. The summed E-state index contributed by atoms with van der Waals surface area (Å²) in [5, 5.41) is 0. The number of fused-ring (bicyclic) bond motifs is 1. The van der Waals surface area contributed by atoms with Gasteiger partial charge in [0, 0.05) is 12.4 Å². The Balaban J connectivity index is 1.99. The molecule has 150 valence electrons. The molecule has 0 aliphatic heterocycles. The topological polar surface area (TPSA) is 64.1 Å². The fourth-order valence-electron chi connectivity index (χ4n) is 3.59. The van der Waals surface area contributed by atoms with Crippen LogP contribution >= 0.6 is 0 Å². The largest absolute Gasteiger partial charge is 0.455 e. The number of rotatable bonds is 5. The van der Waals surface area contributed by atoms with Crippen molar-refractivity contribution in [3.8, 4) is 17.2 Å². The molecule has 0 aliphatic carbocycles. The number of aryl methyl sites for hydroxylation is 3. The van der Waals surface area contributed by atoms with E-state index in [1.807, 2.05) is 67.8 Å². The van der Waals surface area contributed by atoms with Gasteiger partial charge in [-0.3, -0.25) is 9.59 Å². The summed E-state index contributed by atoms with van der Waals surface area (Å²) >= 11 is 0. The summed E-state index contributed by atoms with van der Waals surface area (Å²) in [5.41, 5.74) is 4.55. The molecule has 0 unspecified atom stereocenters. The number of nitrogens with zero attached hydrogens (tertiary/aromatic N) is 1. The predicted octanol–water partition coefficient (Wildman–Crippen LogP) is 5.41. The van der Waals surface area contributed by atoms with Crippen LogP contribution in [0.4, 0.5) is 0 Å². The lowest BCUT2D eigenvalue weighted by Gasteiger charge is -2.18. The maximum atomic E-state index is 12.8. The number of ether oxygens (including phenoxy) is 1. The molecule has 0 saturated heterocycles. The van der Waals surface area contributed by atoms with Crippen molar-refractivity contribution in [1.82, 2.24) is 9.55 Å². The van der Waals surface area contributed by atoms with Gasteiger partial charge in [0.15, 0.2) is 11.5 Å². The van der Waals surface area contributed by atoms with Crippen LogP contribution in [0.2, 0.25) is 0 Å². The molecule has 1 N–H and O–H groups in total. The van der Waals surface area contributed by atoms with Gasteiger partial charge in [-0.2, -0.15) is 0 Å². The van der Waals surface area contributed by atoms with Crippen LogP contribution in [-0.4, -0.2) is 15.3 Å². The van der Waals surface area contributed by atoms with Crippen LogP contribution in [0.3, 0.4) is 0 Å². The SMILES string of the molecule is C=CC(=O)c1cn(-c2cc(C)ccc2Oc2c(C)cccc2C)c2cc[nH]c2c1=O. The number of hydrogen-bond donors (Lipinski definition) is 1. The summed E-state index contributed by atoms with van der Waals surface area (Å²) in [5.74, 6) is 0.993. The van der Waals surface area contributed by atoms with Crippen LogP contribution in [0.1, 0.15) is 27.0 Å². The second-order valence-corrected chi connectivity index (χ2v) is 7.34. The number of benzene rings is 2. The van der Waals surface area contributed by atoms with Crippen molar-refractivity contribution >= 4 is 16.8 Å². The Hall–Kier alpha value is -3.86. The lowest BCUT2D eigenvalue weighted by Crippen LogP contribution is -2.17. The number of H-pyrrole nitrogens is 1. The van der Waals surface area contributed by atoms with E-state index in [2.05, 4.69) is 11.6 Å². The van der Waals surface area contributed by atoms with Crippen molar-refractivity contribution in [3.63, 3.8) is 0 Å². The first-order chi connectivity index (χ1) is 14.4. The Morgan fingerprint density at radius 2 is 1.83 bits per heavy atom. The standard InChI is InChI=1S/C25H22N2O3/c1-5-21(28)18-14-27(19-11-12-26-23(19)24(18)29)20-13-15(2)9-10-22(20)30-25-16(3)7-6-8-17(25)4/h5-14,26H,1H2,2-4H3. The molecule has 0 radical (unpaired) electrons. The number of carbonyl (C=O) groups is 1. The molecule has 0 saturated carbocycles. The minimum atomic E-state index is -0.421. The van der Waals surface area contributed by atoms with Crippen LogP contribution in [0.25, 0.3) is 16.7 Å². The normalized spacial score (nSPS) is 10.9. The molecule has 5 heteroatoms. The van der Waals surface area contributed by atoms with Crippen LogP contribution < -0.4 is 10.2 Å². The Morgan fingerprint density at radius 3 is 2.53 bits per heavy atom. The van der Waals surface area contributed by atoms with Crippen molar-refractivity contribution in [2.24, 2.45) is 0 Å². The second kappa shape index (κ2) is 7.52. The molecule has 2 aromatic heterocycles. The van der Waals surface area contributed by atoms with Gasteiger partial charge in [-0.25, -0.2) is 0 Å². The zero-order valence-corrected chi connectivity index (χ0v) is 17.2. The van der Waals surface area contributed by atoms with Gasteiger partial charge in [-0.05, 0) is 61.7 Å². The zero-order chi connectivity index (χ0) is 21.4. The van der Waals surface area contributed by atoms with E-state index in [9.17, 15) is 9.59 Å². The molecule has 2 heterocycles. The highest BCUT2D eigenvalue weighted by Crippen LogP contribution is 2.34. The third-order valence-electron chi connectivity index (χ3n) is 5.16. The van der Waals surface area contributed by atoms with Gasteiger partial charge in [-0.1, -0.05) is 30.8 Å². The monoisotopic (exact) mass is 398 g/mol. The van der Waals surface area contributed by atoms with Gasteiger partial charge in [0.05, 0.1) is 16.8 Å². The quantitative estimate of drug-likeness (QED) is 0.361. The third kappa shape index (κ3) is 3.24. The summed E-state index contributed by atoms with van der Waals surface area (Å²) in [6, 6.07) is 13.7. The van der Waals surface area contributed by atoms with Crippen molar-refractivity contribution in [3.05, 3.63) is 100.0 Å².